The van der Waals surface area contributed by atoms with Crippen molar-refractivity contribution in [2.24, 2.45) is 11.3 Å². The van der Waals surface area contributed by atoms with Crippen molar-refractivity contribution in [3.8, 4) is 0 Å². The number of unbranched alkanes of at least 4 members (excludes halogenated alkanes) is 1. The first-order valence-electron chi connectivity index (χ1n) is 7.52. The van der Waals surface area contributed by atoms with Gasteiger partial charge in [-0.2, -0.15) is 0 Å². The summed E-state index contributed by atoms with van der Waals surface area (Å²) >= 11 is 0. The van der Waals surface area contributed by atoms with Crippen LogP contribution in [0.2, 0.25) is 0 Å². The van der Waals surface area contributed by atoms with Crippen molar-refractivity contribution < 1.29 is 4.39 Å². The van der Waals surface area contributed by atoms with Crippen LogP contribution in [0.4, 0.5) is 4.39 Å². The first-order valence-corrected chi connectivity index (χ1v) is 7.52. The first kappa shape index (κ1) is 14.5. The highest BCUT2D eigenvalue weighted by Crippen LogP contribution is 2.51. The van der Waals surface area contributed by atoms with Gasteiger partial charge >= 0.3 is 0 Å². The Bertz CT molecular complexity index is 396. The second-order valence-corrected chi connectivity index (χ2v) is 6.54. The predicted octanol–water partition coefficient (Wildman–Crippen LogP) is 4.69. The van der Waals surface area contributed by atoms with Crippen molar-refractivity contribution in [2.75, 3.05) is 6.54 Å². The molecular weight excluding hydrogens is 237 g/mol. The highest BCUT2D eigenvalue weighted by molar-refractivity contribution is 5.20. The fraction of sp³-hybridized carbons (Fsp3) is 0.647. The molecule has 19 heavy (non-hydrogen) atoms. The van der Waals surface area contributed by atoms with Crippen molar-refractivity contribution in [3.05, 3.63) is 35.6 Å². The van der Waals surface area contributed by atoms with Crippen LogP contribution in [-0.4, -0.2) is 6.54 Å². The summed E-state index contributed by atoms with van der Waals surface area (Å²) in [4.78, 5) is 0. The Hall–Kier alpha value is -0.890. The van der Waals surface area contributed by atoms with E-state index in [0.717, 1.165) is 18.9 Å². The molecule has 0 amide bonds. The second-order valence-electron chi connectivity index (χ2n) is 6.54. The summed E-state index contributed by atoms with van der Waals surface area (Å²) in [5.41, 5.74) is 1.73. The van der Waals surface area contributed by atoms with Gasteiger partial charge < -0.3 is 5.32 Å². The fourth-order valence-electron chi connectivity index (χ4n) is 2.70. The molecule has 0 radical (unpaired) electrons. The third-order valence-corrected chi connectivity index (χ3v) is 4.45. The molecule has 106 valence electrons. The lowest BCUT2D eigenvalue weighted by Crippen LogP contribution is -2.24. The Balaban J connectivity index is 1.93. The van der Waals surface area contributed by atoms with Gasteiger partial charge in [0, 0.05) is 6.04 Å². The summed E-state index contributed by atoms with van der Waals surface area (Å²) in [5, 5.41) is 3.69. The van der Waals surface area contributed by atoms with Crippen molar-refractivity contribution in [1.29, 1.82) is 0 Å². The fourth-order valence-corrected chi connectivity index (χ4v) is 2.70. The molecule has 1 nitrogen and oxygen atoms in total. The molecular formula is C17H26FN. The summed E-state index contributed by atoms with van der Waals surface area (Å²) < 4.78 is 13.0. The number of rotatable bonds is 7. The summed E-state index contributed by atoms with van der Waals surface area (Å²) in [6.07, 6.45) is 4.87. The van der Waals surface area contributed by atoms with Gasteiger partial charge in [0.25, 0.3) is 0 Å². The minimum absolute atomic E-state index is 0.152. The molecule has 1 aliphatic carbocycles. The van der Waals surface area contributed by atoms with Gasteiger partial charge in [-0.25, -0.2) is 4.39 Å². The van der Waals surface area contributed by atoms with Crippen LogP contribution in [0.1, 0.15) is 58.1 Å². The molecule has 2 atom stereocenters. The lowest BCUT2D eigenvalue weighted by molar-refractivity contribution is 0.440. The molecule has 0 aromatic heterocycles. The minimum Gasteiger partial charge on any atom is -0.310 e. The summed E-state index contributed by atoms with van der Waals surface area (Å²) in [6, 6.07) is 7.34. The zero-order chi connectivity index (χ0) is 13.9. The average Bonchev–Trinajstić information content (AvgIpc) is 2.99. The molecule has 1 fully saturated rings. The number of benzene rings is 1. The molecule has 0 saturated heterocycles. The van der Waals surface area contributed by atoms with E-state index in [2.05, 4.69) is 26.1 Å². The quantitative estimate of drug-likeness (QED) is 0.752. The number of halogens is 1. The maximum absolute atomic E-state index is 13.0. The molecule has 0 heterocycles. The SMILES string of the molecule is CCCCC(NCC1CC1(C)C)c1ccc(F)cc1. The van der Waals surface area contributed by atoms with E-state index in [1.807, 2.05) is 12.1 Å². The molecule has 0 aliphatic heterocycles. The topological polar surface area (TPSA) is 12.0 Å². The summed E-state index contributed by atoms with van der Waals surface area (Å²) in [5.74, 6) is 0.651. The third kappa shape index (κ3) is 4.04. The Kier molecular flexibility index (Phi) is 4.62. The Labute approximate surface area is 116 Å². The molecule has 0 bridgehead atoms. The van der Waals surface area contributed by atoms with Crippen molar-refractivity contribution >= 4 is 0 Å². The van der Waals surface area contributed by atoms with Crippen LogP contribution in [-0.2, 0) is 0 Å². The molecule has 1 aliphatic rings. The highest BCUT2D eigenvalue weighted by Gasteiger charge is 2.45. The Morgan fingerprint density at radius 1 is 1.32 bits per heavy atom. The van der Waals surface area contributed by atoms with Crippen LogP contribution in [0.5, 0.6) is 0 Å². The monoisotopic (exact) mass is 263 g/mol. The van der Waals surface area contributed by atoms with E-state index in [1.165, 1.54) is 24.8 Å². The normalized spacial score (nSPS) is 22.2. The largest absolute Gasteiger partial charge is 0.310 e. The number of hydrogen-bond donors (Lipinski definition) is 1. The van der Waals surface area contributed by atoms with Crippen LogP contribution in [0.3, 0.4) is 0 Å². The Morgan fingerprint density at radius 3 is 2.47 bits per heavy atom. The summed E-state index contributed by atoms with van der Waals surface area (Å²) in [6.45, 7) is 7.96. The van der Waals surface area contributed by atoms with Gasteiger partial charge in [-0.3, -0.25) is 0 Å². The van der Waals surface area contributed by atoms with Gasteiger partial charge in [0.2, 0.25) is 0 Å². The van der Waals surface area contributed by atoms with Gasteiger partial charge in [0.1, 0.15) is 5.82 Å². The lowest BCUT2D eigenvalue weighted by atomic mass is 10.0. The molecule has 1 saturated carbocycles. The number of nitrogens with one attached hydrogen (secondary N) is 1. The zero-order valence-corrected chi connectivity index (χ0v) is 12.4. The predicted molar refractivity (Wildman–Crippen MR) is 78.6 cm³/mol. The van der Waals surface area contributed by atoms with Gasteiger partial charge in [-0.05, 0) is 48.4 Å². The van der Waals surface area contributed by atoms with E-state index in [-0.39, 0.29) is 5.82 Å². The van der Waals surface area contributed by atoms with Crippen LogP contribution in [0.25, 0.3) is 0 Å². The van der Waals surface area contributed by atoms with E-state index < -0.39 is 0 Å². The maximum atomic E-state index is 13.0. The molecule has 1 aromatic rings. The van der Waals surface area contributed by atoms with E-state index in [4.69, 9.17) is 0 Å². The third-order valence-electron chi connectivity index (χ3n) is 4.45. The molecule has 2 rings (SSSR count). The van der Waals surface area contributed by atoms with Crippen LogP contribution in [0.15, 0.2) is 24.3 Å². The van der Waals surface area contributed by atoms with E-state index in [1.54, 1.807) is 12.1 Å². The lowest BCUT2D eigenvalue weighted by Gasteiger charge is -2.19. The first-order chi connectivity index (χ1) is 9.03. The van der Waals surface area contributed by atoms with E-state index in [9.17, 15) is 4.39 Å². The maximum Gasteiger partial charge on any atom is 0.123 e. The van der Waals surface area contributed by atoms with E-state index >= 15 is 0 Å². The van der Waals surface area contributed by atoms with Crippen LogP contribution in [0, 0.1) is 17.2 Å². The minimum atomic E-state index is -0.152. The summed E-state index contributed by atoms with van der Waals surface area (Å²) in [7, 11) is 0. The van der Waals surface area contributed by atoms with E-state index in [0.29, 0.717) is 11.5 Å². The van der Waals surface area contributed by atoms with Crippen molar-refractivity contribution in [1.82, 2.24) is 5.32 Å². The van der Waals surface area contributed by atoms with Crippen LogP contribution < -0.4 is 5.32 Å². The molecule has 1 N–H and O–H groups in total. The standard InChI is InChI=1S/C17H26FN/c1-4-5-6-16(13-7-9-15(18)10-8-13)19-12-14-11-17(14,2)3/h7-10,14,16,19H,4-6,11-12H2,1-3H3. The highest BCUT2D eigenvalue weighted by atomic mass is 19.1. The van der Waals surface area contributed by atoms with Gasteiger partial charge in [-0.15, -0.1) is 0 Å². The number of hydrogen-bond acceptors (Lipinski definition) is 1. The van der Waals surface area contributed by atoms with Crippen molar-refractivity contribution in [2.45, 2.75) is 52.5 Å². The van der Waals surface area contributed by atoms with Crippen molar-refractivity contribution in [3.63, 3.8) is 0 Å². The zero-order valence-electron chi connectivity index (χ0n) is 12.4. The second kappa shape index (κ2) is 6.04. The smallest absolute Gasteiger partial charge is 0.123 e. The van der Waals surface area contributed by atoms with Gasteiger partial charge in [0.15, 0.2) is 0 Å². The molecule has 2 heteroatoms. The molecule has 0 spiro atoms. The Morgan fingerprint density at radius 2 is 1.95 bits per heavy atom. The molecule has 2 unspecified atom stereocenters. The molecule has 1 aromatic carbocycles. The van der Waals surface area contributed by atoms with Gasteiger partial charge in [0.05, 0.1) is 0 Å². The van der Waals surface area contributed by atoms with Crippen LogP contribution >= 0.6 is 0 Å². The average molecular weight is 263 g/mol. The van der Waals surface area contributed by atoms with Gasteiger partial charge in [-0.1, -0.05) is 45.7 Å².